The van der Waals surface area contributed by atoms with Gasteiger partial charge in [-0.2, -0.15) is 0 Å². The van der Waals surface area contributed by atoms with Crippen LogP contribution in [0.15, 0.2) is 41.5 Å². The Morgan fingerprint density at radius 2 is 1.73 bits per heavy atom. The van der Waals surface area contributed by atoms with Crippen molar-refractivity contribution in [2.75, 3.05) is 59.0 Å². The van der Waals surface area contributed by atoms with Crippen molar-refractivity contribution in [3.63, 3.8) is 0 Å². The van der Waals surface area contributed by atoms with Gasteiger partial charge in [0.05, 0.1) is 27.9 Å². The van der Waals surface area contributed by atoms with Crippen LogP contribution in [0.1, 0.15) is 12.5 Å². The van der Waals surface area contributed by atoms with Gasteiger partial charge in [0.15, 0.2) is 17.5 Å². The van der Waals surface area contributed by atoms with Gasteiger partial charge in [0.1, 0.15) is 5.82 Å². The first kappa shape index (κ1) is 21.5. The van der Waals surface area contributed by atoms with E-state index >= 15 is 0 Å². The van der Waals surface area contributed by atoms with E-state index in [2.05, 4.69) is 33.1 Å². The molecule has 1 saturated heterocycles. The van der Waals surface area contributed by atoms with Crippen molar-refractivity contribution in [2.45, 2.75) is 13.5 Å². The monoisotopic (exact) mass is 413 g/mol. The molecule has 0 bridgehead atoms. The van der Waals surface area contributed by atoms with Crippen molar-refractivity contribution >= 4 is 11.8 Å². The lowest BCUT2D eigenvalue weighted by Crippen LogP contribution is -2.52. The number of nitrogens with one attached hydrogen (secondary N) is 1. The Labute approximate surface area is 178 Å². The Balaban J connectivity index is 1.71. The molecule has 2 aromatic rings. The van der Waals surface area contributed by atoms with E-state index in [1.807, 2.05) is 30.5 Å². The zero-order valence-electron chi connectivity index (χ0n) is 18.2. The number of aromatic nitrogens is 1. The van der Waals surface area contributed by atoms with Crippen molar-refractivity contribution in [3.05, 3.63) is 42.1 Å². The third-order valence-corrected chi connectivity index (χ3v) is 5.02. The topological polar surface area (TPSA) is 71.5 Å². The molecule has 0 aliphatic carbocycles. The molecule has 162 valence electrons. The standard InChI is InChI=1S/C22H31N5O3/c1-5-23-22(27-12-10-26(11-13-27)20-8-6-7-9-24-20)25-16-17-14-18(28-2)21(30-4)19(15-17)29-3/h6-9,14-15H,5,10-13,16H2,1-4H3,(H,23,25). The maximum atomic E-state index is 5.45. The third-order valence-electron chi connectivity index (χ3n) is 5.02. The lowest BCUT2D eigenvalue weighted by atomic mass is 10.2. The second kappa shape index (κ2) is 10.6. The van der Waals surface area contributed by atoms with Crippen molar-refractivity contribution in [2.24, 2.45) is 4.99 Å². The van der Waals surface area contributed by atoms with Crippen LogP contribution >= 0.6 is 0 Å². The van der Waals surface area contributed by atoms with Gasteiger partial charge in [-0.1, -0.05) is 6.07 Å². The number of piperazine rings is 1. The van der Waals surface area contributed by atoms with Crippen molar-refractivity contribution in [1.29, 1.82) is 0 Å². The molecule has 0 radical (unpaired) electrons. The zero-order valence-corrected chi connectivity index (χ0v) is 18.2. The fourth-order valence-electron chi connectivity index (χ4n) is 3.51. The average molecular weight is 414 g/mol. The molecule has 1 aliphatic heterocycles. The molecule has 8 nitrogen and oxygen atoms in total. The van der Waals surface area contributed by atoms with E-state index in [1.165, 1.54) is 0 Å². The van der Waals surface area contributed by atoms with Gasteiger partial charge in [0.25, 0.3) is 0 Å². The molecule has 0 atom stereocenters. The summed E-state index contributed by atoms with van der Waals surface area (Å²) in [4.78, 5) is 13.9. The van der Waals surface area contributed by atoms with Crippen LogP contribution < -0.4 is 24.4 Å². The van der Waals surface area contributed by atoms with Gasteiger partial charge in [-0.3, -0.25) is 0 Å². The first-order chi connectivity index (χ1) is 14.7. The first-order valence-electron chi connectivity index (χ1n) is 10.2. The smallest absolute Gasteiger partial charge is 0.203 e. The van der Waals surface area contributed by atoms with Gasteiger partial charge < -0.3 is 29.3 Å². The molecular weight excluding hydrogens is 382 g/mol. The minimum Gasteiger partial charge on any atom is -0.493 e. The van der Waals surface area contributed by atoms with E-state index in [0.717, 1.165) is 50.1 Å². The molecule has 1 aromatic carbocycles. The number of ether oxygens (including phenoxy) is 3. The van der Waals surface area contributed by atoms with Crippen LogP contribution in [0.25, 0.3) is 0 Å². The van der Waals surface area contributed by atoms with Crippen LogP contribution in [0.4, 0.5) is 5.82 Å². The highest BCUT2D eigenvalue weighted by molar-refractivity contribution is 5.80. The van der Waals surface area contributed by atoms with Crippen molar-refractivity contribution in [1.82, 2.24) is 15.2 Å². The fraction of sp³-hybridized carbons (Fsp3) is 0.455. The number of hydrogen-bond donors (Lipinski definition) is 1. The van der Waals surface area contributed by atoms with E-state index < -0.39 is 0 Å². The molecule has 30 heavy (non-hydrogen) atoms. The van der Waals surface area contributed by atoms with E-state index in [9.17, 15) is 0 Å². The summed E-state index contributed by atoms with van der Waals surface area (Å²) in [5.41, 5.74) is 0.993. The quantitative estimate of drug-likeness (QED) is 0.552. The number of anilines is 1. The summed E-state index contributed by atoms with van der Waals surface area (Å²) in [5, 5.41) is 3.41. The second-order valence-corrected chi connectivity index (χ2v) is 6.87. The summed E-state index contributed by atoms with van der Waals surface area (Å²) in [6, 6.07) is 9.90. The second-order valence-electron chi connectivity index (χ2n) is 6.87. The Kier molecular flexibility index (Phi) is 7.59. The number of rotatable bonds is 7. The molecule has 0 spiro atoms. The molecule has 1 aliphatic rings. The summed E-state index contributed by atoms with van der Waals surface area (Å²) in [6.07, 6.45) is 1.84. The predicted octanol–water partition coefficient (Wildman–Crippen LogP) is 2.40. The van der Waals surface area contributed by atoms with E-state index in [0.29, 0.717) is 23.8 Å². The molecule has 0 unspecified atom stereocenters. The Hall–Kier alpha value is -3.16. The van der Waals surface area contributed by atoms with Crippen molar-refractivity contribution in [3.8, 4) is 17.2 Å². The predicted molar refractivity (Wildman–Crippen MR) is 119 cm³/mol. The molecule has 3 rings (SSSR count). The highest BCUT2D eigenvalue weighted by Gasteiger charge is 2.20. The van der Waals surface area contributed by atoms with Crippen LogP contribution in [0, 0.1) is 0 Å². The largest absolute Gasteiger partial charge is 0.493 e. The average Bonchev–Trinajstić information content (AvgIpc) is 2.81. The van der Waals surface area contributed by atoms with Crippen LogP contribution in [0.5, 0.6) is 17.2 Å². The zero-order chi connectivity index (χ0) is 21.3. The first-order valence-corrected chi connectivity index (χ1v) is 10.2. The van der Waals surface area contributed by atoms with E-state index in [1.54, 1.807) is 21.3 Å². The van der Waals surface area contributed by atoms with E-state index in [4.69, 9.17) is 19.2 Å². The molecule has 2 heterocycles. The van der Waals surface area contributed by atoms with Crippen LogP contribution in [-0.4, -0.2) is 69.9 Å². The lowest BCUT2D eigenvalue weighted by Gasteiger charge is -2.37. The summed E-state index contributed by atoms with van der Waals surface area (Å²) < 4.78 is 16.3. The minimum absolute atomic E-state index is 0.513. The molecule has 0 saturated carbocycles. The van der Waals surface area contributed by atoms with Crippen LogP contribution in [0.3, 0.4) is 0 Å². The highest BCUT2D eigenvalue weighted by Crippen LogP contribution is 2.38. The summed E-state index contributed by atoms with van der Waals surface area (Å²) in [7, 11) is 4.84. The van der Waals surface area contributed by atoms with Crippen LogP contribution in [-0.2, 0) is 6.54 Å². The Morgan fingerprint density at radius 3 is 2.27 bits per heavy atom. The highest BCUT2D eigenvalue weighted by atomic mass is 16.5. The van der Waals surface area contributed by atoms with Gasteiger partial charge in [-0.05, 0) is 36.8 Å². The number of methoxy groups -OCH3 is 3. The maximum absolute atomic E-state index is 5.45. The summed E-state index contributed by atoms with van der Waals surface area (Å²) >= 11 is 0. The Morgan fingerprint density at radius 1 is 1.03 bits per heavy atom. The number of pyridine rings is 1. The van der Waals surface area contributed by atoms with Gasteiger partial charge in [0, 0.05) is 38.9 Å². The lowest BCUT2D eigenvalue weighted by molar-refractivity contribution is 0.324. The number of guanidine groups is 1. The summed E-state index contributed by atoms with van der Waals surface area (Å²) in [6.45, 7) is 7.00. The van der Waals surface area contributed by atoms with Gasteiger partial charge in [0.2, 0.25) is 5.75 Å². The minimum atomic E-state index is 0.513. The molecular formula is C22H31N5O3. The fourth-order valence-corrected chi connectivity index (χ4v) is 3.51. The third kappa shape index (κ3) is 5.06. The molecule has 8 heteroatoms. The van der Waals surface area contributed by atoms with Crippen molar-refractivity contribution < 1.29 is 14.2 Å². The normalized spacial score (nSPS) is 14.5. The number of benzene rings is 1. The number of aliphatic imine (C=N–C) groups is 1. The summed E-state index contributed by atoms with van der Waals surface area (Å²) in [5.74, 6) is 3.79. The number of nitrogens with zero attached hydrogens (tertiary/aromatic N) is 4. The molecule has 0 amide bonds. The van der Waals surface area contributed by atoms with Gasteiger partial charge >= 0.3 is 0 Å². The Bertz CT molecular complexity index is 811. The number of hydrogen-bond acceptors (Lipinski definition) is 6. The maximum Gasteiger partial charge on any atom is 0.203 e. The SMILES string of the molecule is CCNC(=NCc1cc(OC)c(OC)c(OC)c1)N1CCN(c2ccccn2)CC1. The van der Waals surface area contributed by atoms with E-state index in [-0.39, 0.29) is 0 Å². The molecule has 1 fully saturated rings. The molecule has 1 N–H and O–H groups in total. The van der Waals surface area contributed by atoms with Gasteiger partial charge in [-0.15, -0.1) is 0 Å². The molecule has 1 aromatic heterocycles. The van der Waals surface area contributed by atoms with Crippen LogP contribution in [0.2, 0.25) is 0 Å². The van der Waals surface area contributed by atoms with Gasteiger partial charge in [-0.25, -0.2) is 9.98 Å².